The van der Waals surface area contributed by atoms with Gasteiger partial charge in [0.05, 0.1) is 0 Å². The van der Waals surface area contributed by atoms with Gasteiger partial charge in [-0.05, 0) is 29.7 Å². The molecule has 0 radical (unpaired) electrons. The Kier molecular flexibility index (Phi) is 3.53. The second-order valence-corrected chi connectivity index (χ2v) is 6.79. The zero-order valence-electron chi connectivity index (χ0n) is 10.4. The number of imidazole rings is 1. The van der Waals surface area contributed by atoms with Crippen LogP contribution in [0.5, 0.6) is 0 Å². The van der Waals surface area contributed by atoms with Crippen molar-refractivity contribution in [3.05, 3.63) is 17.7 Å². The molecule has 0 aromatic carbocycles. The molecule has 2 aromatic rings. The van der Waals surface area contributed by atoms with Gasteiger partial charge in [-0.2, -0.15) is 4.37 Å². The van der Waals surface area contributed by atoms with Gasteiger partial charge in [-0.3, -0.25) is 0 Å². The zero-order valence-corrected chi connectivity index (χ0v) is 12.1. The lowest BCUT2D eigenvalue weighted by molar-refractivity contribution is 0.551. The highest BCUT2D eigenvalue weighted by Crippen LogP contribution is 2.29. The van der Waals surface area contributed by atoms with Crippen LogP contribution in [0.25, 0.3) is 0 Å². The van der Waals surface area contributed by atoms with Crippen LogP contribution in [0.4, 0.5) is 0 Å². The van der Waals surface area contributed by atoms with E-state index in [4.69, 9.17) is 0 Å². The molecule has 2 heterocycles. The summed E-state index contributed by atoms with van der Waals surface area (Å²) in [6.07, 6.45) is 2.84. The Bertz CT molecular complexity index is 496. The number of nitrogens with one attached hydrogen (secondary N) is 1. The van der Waals surface area contributed by atoms with Gasteiger partial charge in [-0.15, -0.1) is 0 Å². The average molecular weight is 268 g/mol. The third kappa shape index (κ3) is 3.07. The van der Waals surface area contributed by atoms with Gasteiger partial charge >= 0.3 is 0 Å². The van der Waals surface area contributed by atoms with Crippen molar-refractivity contribution in [1.29, 1.82) is 0 Å². The monoisotopic (exact) mass is 268 g/mol. The Morgan fingerprint density at radius 1 is 1.41 bits per heavy atom. The number of aryl methyl sites for hydroxylation is 1. The molecule has 0 saturated carbocycles. The van der Waals surface area contributed by atoms with Crippen molar-refractivity contribution in [2.75, 3.05) is 0 Å². The van der Waals surface area contributed by atoms with Crippen LogP contribution in [0.1, 0.15) is 39.2 Å². The van der Waals surface area contributed by atoms with E-state index in [1.807, 2.05) is 6.20 Å². The number of nitrogens with zero attached hydrogens (tertiary/aromatic N) is 3. The number of H-pyrrole nitrogens is 1. The summed E-state index contributed by atoms with van der Waals surface area (Å²) in [5.74, 6) is 0.896. The SMILES string of the molecule is CCc1cnc(Sc2nc(C(C)(C)C)ns2)[nH]1. The van der Waals surface area contributed by atoms with Gasteiger partial charge in [0.2, 0.25) is 0 Å². The molecule has 4 nitrogen and oxygen atoms in total. The highest BCUT2D eigenvalue weighted by Gasteiger charge is 2.20. The quantitative estimate of drug-likeness (QED) is 0.928. The first-order valence-corrected chi connectivity index (χ1v) is 7.14. The van der Waals surface area contributed by atoms with E-state index in [0.29, 0.717) is 0 Å². The summed E-state index contributed by atoms with van der Waals surface area (Å²) in [6, 6.07) is 0. The largest absolute Gasteiger partial charge is 0.337 e. The zero-order chi connectivity index (χ0) is 12.5. The molecular formula is C11H16N4S2. The van der Waals surface area contributed by atoms with Crippen molar-refractivity contribution in [1.82, 2.24) is 19.3 Å². The first kappa shape index (κ1) is 12.6. The Balaban J connectivity index is 2.11. The minimum absolute atomic E-state index is 0.00700. The van der Waals surface area contributed by atoms with Crippen LogP contribution in [-0.4, -0.2) is 19.3 Å². The molecular weight excluding hydrogens is 252 g/mol. The highest BCUT2D eigenvalue weighted by molar-refractivity contribution is 8.00. The number of rotatable bonds is 3. The van der Waals surface area contributed by atoms with Gasteiger partial charge in [0.1, 0.15) is 5.82 Å². The molecule has 0 aliphatic carbocycles. The molecule has 2 aromatic heterocycles. The fraction of sp³-hybridized carbons (Fsp3) is 0.545. The molecule has 1 N–H and O–H groups in total. The Labute approximate surface area is 109 Å². The van der Waals surface area contributed by atoms with Crippen molar-refractivity contribution in [2.45, 2.75) is 49.0 Å². The maximum absolute atomic E-state index is 4.52. The molecule has 6 heteroatoms. The van der Waals surface area contributed by atoms with Crippen LogP contribution in [-0.2, 0) is 11.8 Å². The minimum atomic E-state index is 0.00700. The minimum Gasteiger partial charge on any atom is -0.337 e. The molecule has 17 heavy (non-hydrogen) atoms. The lowest BCUT2D eigenvalue weighted by atomic mass is 9.96. The van der Waals surface area contributed by atoms with E-state index in [9.17, 15) is 0 Å². The van der Waals surface area contributed by atoms with E-state index >= 15 is 0 Å². The molecule has 2 rings (SSSR count). The molecule has 0 spiro atoms. The summed E-state index contributed by atoms with van der Waals surface area (Å²) >= 11 is 2.97. The summed E-state index contributed by atoms with van der Waals surface area (Å²) < 4.78 is 5.32. The first-order valence-electron chi connectivity index (χ1n) is 5.55. The van der Waals surface area contributed by atoms with Crippen LogP contribution in [0.15, 0.2) is 15.7 Å². The molecule has 0 amide bonds. The van der Waals surface area contributed by atoms with Gasteiger partial charge in [-0.25, -0.2) is 9.97 Å². The van der Waals surface area contributed by atoms with E-state index in [2.05, 4.69) is 47.0 Å². The van der Waals surface area contributed by atoms with Crippen molar-refractivity contribution < 1.29 is 0 Å². The lowest BCUT2D eigenvalue weighted by Gasteiger charge is -2.11. The molecule has 0 bridgehead atoms. The Hall–Kier alpha value is -0.880. The molecule has 0 fully saturated rings. The smallest absolute Gasteiger partial charge is 0.177 e. The number of hydrogen-bond acceptors (Lipinski definition) is 5. The highest BCUT2D eigenvalue weighted by atomic mass is 32.2. The summed E-state index contributed by atoms with van der Waals surface area (Å²) in [5, 5.41) is 0.887. The Morgan fingerprint density at radius 2 is 2.18 bits per heavy atom. The first-order chi connectivity index (χ1) is 7.99. The number of aromatic amines is 1. The van der Waals surface area contributed by atoms with Crippen LogP contribution in [0.2, 0.25) is 0 Å². The topological polar surface area (TPSA) is 54.5 Å². The lowest BCUT2D eigenvalue weighted by Crippen LogP contribution is -2.12. The molecule has 0 atom stereocenters. The predicted octanol–water partition coefficient (Wildman–Crippen LogP) is 3.27. The summed E-state index contributed by atoms with van der Waals surface area (Å²) in [4.78, 5) is 12.1. The normalized spacial score (nSPS) is 12.0. The fourth-order valence-corrected chi connectivity index (χ4v) is 2.90. The summed E-state index contributed by atoms with van der Waals surface area (Å²) in [7, 11) is 0. The van der Waals surface area contributed by atoms with Crippen molar-refractivity contribution in [3.63, 3.8) is 0 Å². The molecule has 0 unspecified atom stereocenters. The van der Waals surface area contributed by atoms with Gasteiger partial charge in [0, 0.05) is 17.3 Å². The van der Waals surface area contributed by atoms with E-state index in [1.54, 1.807) is 0 Å². The second-order valence-electron chi connectivity index (χ2n) is 4.80. The van der Waals surface area contributed by atoms with Crippen LogP contribution in [0, 0.1) is 0 Å². The summed E-state index contributed by atoms with van der Waals surface area (Å²) in [6.45, 7) is 8.45. The van der Waals surface area contributed by atoms with E-state index in [0.717, 1.165) is 27.4 Å². The van der Waals surface area contributed by atoms with Crippen molar-refractivity contribution in [3.8, 4) is 0 Å². The standard InChI is InChI=1S/C11H16N4S2/c1-5-7-6-12-9(13-7)16-10-14-8(15-17-10)11(2,3)4/h6H,5H2,1-4H3,(H,12,13). The van der Waals surface area contributed by atoms with E-state index in [1.165, 1.54) is 23.3 Å². The number of hydrogen-bond donors (Lipinski definition) is 1. The third-order valence-corrected chi connectivity index (χ3v) is 3.90. The second kappa shape index (κ2) is 4.78. The van der Waals surface area contributed by atoms with Crippen LogP contribution >= 0.6 is 23.3 Å². The van der Waals surface area contributed by atoms with Gasteiger partial charge in [0.15, 0.2) is 9.50 Å². The molecule has 92 valence electrons. The summed E-state index contributed by atoms with van der Waals surface area (Å²) in [5.41, 5.74) is 1.15. The van der Waals surface area contributed by atoms with Gasteiger partial charge < -0.3 is 4.98 Å². The van der Waals surface area contributed by atoms with Gasteiger partial charge in [-0.1, -0.05) is 27.7 Å². The average Bonchev–Trinajstić information content (AvgIpc) is 2.86. The van der Waals surface area contributed by atoms with Crippen molar-refractivity contribution >= 4 is 23.3 Å². The van der Waals surface area contributed by atoms with Gasteiger partial charge in [0.25, 0.3) is 0 Å². The van der Waals surface area contributed by atoms with E-state index in [-0.39, 0.29) is 5.41 Å². The molecule has 0 saturated heterocycles. The van der Waals surface area contributed by atoms with Crippen LogP contribution < -0.4 is 0 Å². The maximum atomic E-state index is 4.52. The number of aromatic nitrogens is 4. The van der Waals surface area contributed by atoms with Crippen molar-refractivity contribution in [2.24, 2.45) is 0 Å². The predicted molar refractivity (Wildman–Crippen MR) is 70.7 cm³/mol. The van der Waals surface area contributed by atoms with Crippen LogP contribution in [0.3, 0.4) is 0 Å². The van der Waals surface area contributed by atoms with E-state index < -0.39 is 0 Å². The molecule has 0 aliphatic heterocycles. The molecule has 0 aliphatic rings. The Morgan fingerprint density at radius 3 is 2.71 bits per heavy atom. The maximum Gasteiger partial charge on any atom is 0.177 e. The fourth-order valence-electron chi connectivity index (χ4n) is 1.21. The third-order valence-electron chi connectivity index (χ3n) is 2.25.